The molecule has 5 heteroatoms. The van der Waals surface area contributed by atoms with Crippen molar-refractivity contribution in [1.29, 1.82) is 0 Å². The van der Waals surface area contributed by atoms with Crippen LogP contribution in [0.15, 0.2) is 6.07 Å². The molecule has 1 unspecified atom stereocenters. The number of hydrogen-bond acceptors (Lipinski definition) is 5. The minimum Gasteiger partial charge on any atom is -0.373 e. The van der Waals surface area contributed by atoms with Crippen LogP contribution >= 0.6 is 0 Å². The first kappa shape index (κ1) is 13.1. The Morgan fingerprint density at radius 2 is 2.17 bits per heavy atom. The molecule has 1 atom stereocenters. The number of aryl methyl sites for hydroxylation is 1. The van der Waals surface area contributed by atoms with Crippen molar-refractivity contribution < 1.29 is 0 Å². The fourth-order valence-electron chi connectivity index (χ4n) is 2.32. The molecule has 1 aromatic rings. The third-order valence-corrected chi connectivity index (χ3v) is 3.41. The number of nitrogens with zero attached hydrogens (tertiary/aromatic N) is 3. The molecule has 18 heavy (non-hydrogen) atoms. The lowest BCUT2D eigenvalue weighted by atomic mass is 10.1. The van der Waals surface area contributed by atoms with Gasteiger partial charge < -0.3 is 15.5 Å². The summed E-state index contributed by atoms with van der Waals surface area (Å²) in [6.45, 7) is 5.45. The predicted octanol–water partition coefficient (Wildman–Crippen LogP) is 1.44. The lowest BCUT2D eigenvalue weighted by Crippen LogP contribution is -2.19. The largest absolute Gasteiger partial charge is 0.373 e. The summed E-state index contributed by atoms with van der Waals surface area (Å²) in [4.78, 5) is 11.3. The van der Waals surface area contributed by atoms with E-state index in [1.807, 2.05) is 13.1 Å². The summed E-state index contributed by atoms with van der Waals surface area (Å²) in [5, 5.41) is 6.52. The van der Waals surface area contributed by atoms with Gasteiger partial charge in [0.2, 0.25) is 0 Å². The summed E-state index contributed by atoms with van der Waals surface area (Å²) in [5.41, 5.74) is 0. The second kappa shape index (κ2) is 6.00. The molecule has 1 fully saturated rings. The zero-order valence-corrected chi connectivity index (χ0v) is 11.5. The number of likely N-dealkylation sites (tertiary alicyclic amines) is 1. The van der Waals surface area contributed by atoms with Gasteiger partial charge in [0.25, 0.3) is 0 Å². The first-order valence-corrected chi connectivity index (χ1v) is 6.69. The van der Waals surface area contributed by atoms with Gasteiger partial charge in [0, 0.05) is 32.6 Å². The molecule has 2 rings (SSSR count). The molecule has 100 valence electrons. The maximum absolute atomic E-state index is 4.50. The minimum atomic E-state index is 0.730. The fraction of sp³-hybridized carbons (Fsp3) is 0.692. The molecule has 2 heterocycles. The molecule has 0 amide bonds. The van der Waals surface area contributed by atoms with E-state index in [2.05, 4.69) is 39.5 Å². The van der Waals surface area contributed by atoms with E-state index in [-0.39, 0.29) is 0 Å². The molecule has 0 spiro atoms. The van der Waals surface area contributed by atoms with Crippen LogP contribution in [0.1, 0.15) is 19.2 Å². The van der Waals surface area contributed by atoms with Crippen molar-refractivity contribution in [3.63, 3.8) is 0 Å². The highest BCUT2D eigenvalue weighted by Gasteiger charge is 2.19. The fourth-order valence-corrected chi connectivity index (χ4v) is 2.32. The average molecular weight is 249 g/mol. The Morgan fingerprint density at radius 3 is 2.78 bits per heavy atom. The normalized spacial score (nSPS) is 20.1. The van der Waals surface area contributed by atoms with Gasteiger partial charge in [0.05, 0.1) is 0 Å². The Morgan fingerprint density at radius 1 is 1.39 bits per heavy atom. The zero-order valence-electron chi connectivity index (χ0n) is 11.5. The monoisotopic (exact) mass is 249 g/mol. The molecular formula is C13H23N5. The van der Waals surface area contributed by atoms with E-state index >= 15 is 0 Å². The van der Waals surface area contributed by atoms with E-state index in [1.165, 1.54) is 19.5 Å². The van der Waals surface area contributed by atoms with Crippen LogP contribution in [0.4, 0.5) is 11.6 Å². The number of aromatic nitrogens is 2. The summed E-state index contributed by atoms with van der Waals surface area (Å²) in [6.07, 6.45) is 2.13. The summed E-state index contributed by atoms with van der Waals surface area (Å²) in [6, 6.07) is 1.97. The number of hydrogen-bond donors (Lipinski definition) is 2. The van der Waals surface area contributed by atoms with Gasteiger partial charge in [-0.05, 0) is 25.9 Å². The van der Waals surface area contributed by atoms with Crippen LogP contribution in [0.5, 0.6) is 0 Å². The van der Waals surface area contributed by atoms with Crippen LogP contribution in [0, 0.1) is 5.92 Å². The maximum Gasteiger partial charge on any atom is 0.132 e. The average Bonchev–Trinajstić information content (AvgIpc) is 2.81. The van der Waals surface area contributed by atoms with E-state index in [9.17, 15) is 0 Å². The standard InChI is InChI=1S/C13H23N5/c1-4-11-16-12(14-2)7-13(17-11)15-8-10-5-6-18(3)9-10/h7,10H,4-6,8-9H2,1-3H3,(H2,14,15,16,17). The maximum atomic E-state index is 4.50. The van der Waals surface area contributed by atoms with Gasteiger partial charge in [-0.15, -0.1) is 0 Å². The zero-order chi connectivity index (χ0) is 13.0. The molecule has 0 radical (unpaired) electrons. The third-order valence-electron chi connectivity index (χ3n) is 3.41. The van der Waals surface area contributed by atoms with E-state index in [0.29, 0.717) is 0 Å². The molecule has 0 bridgehead atoms. The summed E-state index contributed by atoms with van der Waals surface area (Å²) < 4.78 is 0. The molecule has 1 aliphatic rings. The van der Waals surface area contributed by atoms with E-state index in [4.69, 9.17) is 0 Å². The molecule has 1 aromatic heterocycles. The lowest BCUT2D eigenvalue weighted by Gasteiger charge is -2.13. The molecular weight excluding hydrogens is 226 g/mol. The molecule has 2 N–H and O–H groups in total. The Kier molecular flexibility index (Phi) is 4.36. The van der Waals surface area contributed by atoms with Gasteiger partial charge in [-0.3, -0.25) is 0 Å². The SMILES string of the molecule is CCc1nc(NC)cc(NCC2CCN(C)C2)n1. The highest BCUT2D eigenvalue weighted by atomic mass is 15.1. The molecule has 0 aromatic carbocycles. The minimum absolute atomic E-state index is 0.730. The van der Waals surface area contributed by atoms with Crippen LogP contribution in [-0.4, -0.2) is 48.6 Å². The molecule has 1 aliphatic heterocycles. The molecule has 0 saturated carbocycles. The van der Waals surface area contributed by atoms with E-state index in [1.54, 1.807) is 0 Å². The van der Waals surface area contributed by atoms with Crippen LogP contribution in [0.3, 0.4) is 0 Å². The van der Waals surface area contributed by atoms with Crippen LogP contribution in [-0.2, 0) is 6.42 Å². The van der Waals surface area contributed by atoms with Gasteiger partial charge in [0.15, 0.2) is 0 Å². The Bertz CT molecular complexity index is 371. The van der Waals surface area contributed by atoms with Crippen molar-refractivity contribution in [3.05, 3.63) is 11.9 Å². The Hall–Kier alpha value is -1.36. The van der Waals surface area contributed by atoms with Crippen LogP contribution in [0.25, 0.3) is 0 Å². The Balaban J connectivity index is 1.95. The van der Waals surface area contributed by atoms with Crippen LogP contribution < -0.4 is 10.6 Å². The van der Waals surface area contributed by atoms with Crippen molar-refractivity contribution in [1.82, 2.24) is 14.9 Å². The first-order chi connectivity index (χ1) is 8.71. The van der Waals surface area contributed by atoms with Gasteiger partial charge in [-0.1, -0.05) is 6.92 Å². The molecule has 5 nitrogen and oxygen atoms in total. The highest BCUT2D eigenvalue weighted by Crippen LogP contribution is 2.16. The summed E-state index contributed by atoms with van der Waals surface area (Å²) in [7, 11) is 4.07. The number of rotatable bonds is 5. The third kappa shape index (κ3) is 3.32. The smallest absolute Gasteiger partial charge is 0.132 e. The summed E-state index contributed by atoms with van der Waals surface area (Å²) >= 11 is 0. The van der Waals surface area contributed by atoms with Gasteiger partial charge >= 0.3 is 0 Å². The van der Waals surface area contributed by atoms with E-state index < -0.39 is 0 Å². The molecule has 0 aliphatic carbocycles. The Labute approximate surface area is 109 Å². The highest BCUT2D eigenvalue weighted by molar-refractivity contribution is 5.47. The second-order valence-electron chi connectivity index (χ2n) is 4.96. The first-order valence-electron chi connectivity index (χ1n) is 6.69. The quantitative estimate of drug-likeness (QED) is 0.827. The molecule has 1 saturated heterocycles. The number of nitrogens with one attached hydrogen (secondary N) is 2. The van der Waals surface area contributed by atoms with Gasteiger partial charge in [-0.2, -0.15) is 0 Å². The van der Waals surface area contributed by atoms with Crippen molar-refractivity contribution in [2.45, 2.75) is 19.8 Å². The topological polar surface area (TPSA) is 53.1 Å². The van der Waals surface area contributed by atoms with Crippen molar-refractivity contribution in [2.75, 3.05) is 44.4 Å². The van der Waals surface area contributed by atoms with Crippen molar-refractivity contribution in [2.24, 2.45) is 5.92 Å². The summed E-state index contributed by atoms with van der Waals surface area (Å²) in [5.74, 6) is 3.43. The van der Waals surface area contributed by atoms with Gasteiger partial charge in [-0.25, -0.2) is 9.97 Å². The predicted molar refractivity (Wildman–Crippen MR) is 75.1 cm³/mol. The number of anilines is 2. The van der Waals surface area contributed by atoms with Crippen LogP contribution in [0.2, 0.25) is 0 Å². The van der Waals surface area contributed by atoms with E-state index in [0.717, 1.165) is 36.3 Å². The lowest BCUT2D eigenvalue weighted by molar-refractivity contribution is 0.399. The van der Waals surface area contributed by atoms with Gasteiger partial charge in [0.1, 0.15) is 17.5 Å². The van der Waals surface area contributed by atoms with Crippen molar-refractivity contribution >= 4 is 11.6 Å². The van der Waals surface area contributed by atoms with Crippen molar-refractivity contribution in [3.8, 4) is 0 Å². The second-order valence-corrected chi connectivity index (χ2v) is 4.96.